The average molecular weight is 323 g/mol. The lowest BCUT2D eigenvalue weighted by Gasteiger charge is -2.31. The van der Waals surface area contributed by atoms with Crippen LogP contribution in [-0.2, 0) is 6.54 Å². The van der Waals surface area contributed by atoms with Crippen LogP contribution >= 0.6 is 0 Å². The minimum atomic E-state index is -2.51. The van der Waals surface area contributed by atoms with Gasteiger partial charge in [0.2, 0.25) is 5.88 Å². The van der Waals surface area contributed by atoms with Gasteiger partial charge >= 0.3 is 0 Å². The number of rotatable bonds is 5. The van der Waals surface area contributed by atoms with Gasteiger partial charge in [-0.1, -0.05) is 11.3 Å². The molecule has 0 amide bonds. The standard InChI is InChI=1S/C15H19F2N5O/c1-23-14-4-2-3-12(18-14)13-11-22(20-19-13)10-9-21-7-5-15(16,17)6-8-21/h2-4,11H,5-10H2,1H3. The van der Waals surface area contributed by atoms with E-state index in [1.54, 1.807) is 24.1 Å². The minimum absolute atomic E-state index is 0.0661. The Morgan fingerprint density at radius 2 is 1.96 bits per heavy atom. The second-order valence-corrected chi connectivity index (χ2v) is 5.63. The van der Waals surface area contributed by atoms with E-state index < -0.39 is 5.92 Å². The number of ether oxygens (including phenoxy) is 1. The summed E-state index contributed by atoms with van der Waals surface area (Å²) >= 11 is 0. The number of hydrogen-bond acceptors (Lipinski definition) is 5. The normalized spacial score (nSPS) is 18.0. The molecule has 124 valence electrons. The first kappa shape index (κ1) is 15.8. The van der Waals surface area contributed by atoms with Gasteiger partial charge in [0.25, 0.3) is 5.92 Å². The summed E-state index contributed by atoms with van der Waals surface area (Å²) in [6.07, 6.45) is 1.67. The van der Waals surface area contributed by atoms with Crippen molar-refractivity contribution in [3.8, 4) is 17.3 Å². The third kappa shape index (κ3) is 4.01. The van der Waals surface area contributed by atoms with E-state index >= 15 is 0 Å². The van der Waals surface area contributed by atoms with Crippen LogP contribution in [0.4, 0.5) is 8.78 Å². The smallest absolute Gasteiger partial charge is 0.250 e. The number of hydrogen-bond donors (Lipinski definition) is 0. The minimum Gasteiger partial charge on any atom is -0.481 e. The van der Waals surface area contributed by atoms with Crippen LogP contribution in [0.15, 0.2) is 24.4 Å². The molecule has 2 aromatic heterocycles. The van der Waals surface area contributed by atoms with Crippen LogP contribution in [0.2, 0.25) is 0 Å². The number of piperidine rings is 1. The van der Waals surface area contributed by atoms with E-state index in [0.29, 0.717) is 43.4 Å². The van der Waals surface area contributed by atoms with Gasteiger partial charge in [0, 0.05) is 38.5 Å². The summed E-state index contributed by atoms with van der Waals surface area (Å²) in [6.45, 7) is 2.14. The van der Waals surface area contributed by atoms with Crippen molar-refractivity contribution in [3.63, 3.8) is 0 Å². The van der Waals surface area contributed by atoms with Gasteiger partial charge in [-0.3, -0.25) is 4.68 Å². The quantitative estimate of drug-likeness (QED) is 0.843. The van der Waals surface area contributed by atoms with Crippen molar-refractivity contribution in [2.75, 3.05) is 26.7 Å². The summed E-state index contributed by atoms with van der Waals surface area (Å²) in [5.74, 6) is -1.99. The molecule has 0 N–H and O–H groups in total. The molecule has 0 atom stereocenters. The number of methoxy groups -OCH3 is 1. The Morgan fingerprint density at radius 3 is 2.70 bits per heavy atom. The van der Waals surface area contributed by atoms with Crippen molar-refractivity contribution >= 4 is 0 Å². The van der Waals surface area contributed by atoms with E-state index in [-0.39, 0.29) is 12.8 Å². The molecule has 0 radical (unpaired) electrons. The van der Waals surface area contributed by atoms with Gasteiger partial charge in [0.15, 0.2) is 0 Å². The monoisotopic (exact) mass is 323 g/mol. The number of aromatic nitrogens is 4. The fourth-order valence-electron chi connectivity index (χ4n) is 2.54. The lowest BCUT2D eigenvalue weighted by atomic mass is 10.1. The van der Waals surface area contributed by atoms with E-state index in [9.17, 15) is 8.78 Å². The SMILES string of the molecule is COc1cccc(-c2cn(CCN3CCC(F)(F)CC3)nn2)n1. The van der Waals surface area contributed by atoms with Crippen molar-refractivity contribution in [1.29, 1.82) is 0 Å². The van der Waals surface area contributed by atoms with Gasteiger partial charge in [-0.2, -0.15) is 0 Å². The predicted octanol–water partition coefficient (Wildman–Crippen LogP) is 2.08. The first-order valence-corrected chi connectivity index (χ1v) is 7.57. The lowest BCUT2D eigenvalue weighted by molar-refractivity contribution is -0.0555. The molecule has 0 saturated carbocycles. The molecular formula is C15H19F2N5O. The van der Waals surface area contributed by atoms with Gasteiger partial charge in [-0.15, -0.1) is 5.10 Å². The maximum Gasteiger partial charge on any atom is 0.250 e. The van der Waals surface area contributed by atoms with Crippen molar-refractivity contribution in [3.05, 3.63) is 24.4 Å². The van der Waals surface area contributed by atoms with Crippen molar-refractivity contribution in [1.82, 2.24) is 24.9 Å². The van der Waals surface area contributed by atoms with E-state index in [0.717, 1.165) is 0 Å². The Labute approximate surface area is 133 Å². The molecule has 0 spiro atoms. The van der Waals surface area contributed by atoms with E-state index in [1.807, 2.05) is 17.0 Å². The zero-order valence-electron chi connectivity index (χ0n) is 13.0. The molecule has 0 aliphatic carbocycles. The Balaban J connectivity index is 1.57. The van der Waals surface area contributed by atoms with Gasteiger partial charge in [0.05, 0.1) is 25.5 Å². The Morgan fingerprint density at radius 1 is 1.17 bits per heavy atom. The second-order valence-electron chi connectivity index (χ2n) is 5.63. The number of likely N-dealkylation sites (tertiary alicyclic amines) is 1. The molecule has 2 aromatic rings. The number of nitrogens with zero attached hydrogens (tertiary/aromatic N) is 5. The van der Waals surface area contributed by atoms with Crippen LogP contribution in [0.1, 0.15) is 12.8 Å². The van der Waals surface area contributed by atoms with E-state index in [2.05, 4.69) is 15.3 Å². The molecular weight excluding hydrogens is 304 g/mol. The Kier molecular flexibility index (Phi) is 4.51. The summed E-state index contributed by atoms with van der Waals surface area (Å²) in [7, 11) is 1.56. The van der Waals surface area contributed by atoms with Crippen molar-refractivity contribution in [2.45, 2.75) is 25.3 Å². The molecule has 3 rings (SSSR count). The summed E-state index contributed by atoms with van der Waals surface area (Å²) in [5, 5.41) is 8.18. The molecule has 6 nitrogen and oxygen atoms in total. The zero-order chi connectivity index (χ0) is 16.3. The van der Waals surface area contributed by atoms with Crippen LogP contribution in [0.3, 0.4) is 0 Å². The molecule has 1 aliphatic heterocycles. The molecule has 1 aliphatic rings. The number of alkyl halides is 2. The van der Waals surface area contributed by atoms with Crippen LogP contribution in [0, 0.1) is 0 Å². The fraction of sp³-hybridized carbons (Fsp3) is 0.533. The lowest BCUT2D eigenvalue weighted by Crippen LogP contribution is -2.40. The van der Waals surface area contributed by atoms with Crippen LogP contribution in [-0.4, -0.2) is 57.5 Å². The highest BCUT2D eigenvalue weighted by molar-refractivity contribution is 5.52. The fourth-order valence-corrected chi connectivity index (χ4v) is 2.54. The molecule has 0 aromatic carbocycles. The predicted molar refractivity (Wildman–Crippen MR) is 80.4 cm³/mol. The topological polar surface area (TPSA) is 56.1 Å². The zero-order valence-corrected chi connectivity index (χ0v) is 13.0. The summed E-state index contributed by atoms with van der Waals surface area (Å²) < 4.78 is 33.0. The van der Waals surface area contributed by atoms with Crippen molar-refractivity contribution < 1.29 is 13.5 Å². The van der Waals surface area contributed by atoms with Gasteiger partial charge in [0.1, 0.15) is 5.69 Å². The maximum absolute atomic E-state index is 13.1. The molecule has 1 saturated heterocycles. The maximum atomic E-state index is 13.1. The molecule has 0 bridgehead atoms. The highest BCUT2D eigenvalue weighted by Gasteiger charge is 2.33. The molecule has 8 heteroatoms. The Bertz CT molecular complexity index is 651. The Hall–Kier alpha value is -2.09. The van der Waals surface area contributed by atoms with Crippen LogP contribution in [0.5, 0.6) is 5.88 Å². The molecule has 23 heavy (non-hydrogen) atoms. The van der Waals surface area contributed by atoms with Crippen LogP contribution < -0.4 is 4.74 Å². The third-order valence-corrected chi connectivity index (χ3v) is 3.97. The summed E-state index contributed by atoms with van der Waals surface area (Å²) in [5.41, 5.74) is 1.35. The van der Waals surface area contributed by atoms with Gasteiger partial charge in [-0.05, 0) is 6.07 Å². The van der Waals surface area contributed by atoms with E-state index in [4.69, 9.17) is 4.74 Å². The number of pyridine rings is 1. The average Bonchev–Trinajstić information content (AvgIpc) is 3.03. The third-order valence-electron chi connectivity index (χ3n) is 3.97. The molecule has 3 heterocycles. The largest absolute Gasteiger partial charge is 0.481 e. The molecule has 1 fully saturated rings. The molecule has 0 unspecified atom stereocenters. The van der Waals surface area contributed by atoms with Gasteiger partial charge < -0.3 is 9.64 Å². The van der Waals surface area contributed by atoms with Gasteiger partial charge in [-0.25, -0.2) is 13.8 Å². The van der Waals surface area contributed by atoms with E-state index in [1.165, 1.54) is 0 Å². The second kappa shape index (κ2) is 6.57. The highest BCUT2D eigenvalue weighted by Crippen LogP contribution is 2.27. The summed E-state index contributed by atoms with van der Waals surface area (Å²) in [4.78, 5) is 6.34. The first-order valence-electron chi connectivity index (χ1n) is 7.57. The van der Waals surface area contributed by atoms with Crippen LogP contribution in [0.25, 0.3) is 11.4 Å². The number of halogens is 2. The highest BCUT2D eigenvalue weighted by atomic mass is 19.3. The van der Waals surface area contributed by atoms with Crippen molar-refractivity contribution in [2.24, 2.45) is 0 Å². The first-order chi connectivity index (χ1) is 11.1. The summed E-state index contributed by atoms with van der Waals surface area (Å²) in [6, 6.07) is 5.44.